The van der Waals surface area contributed by atoms with E-state index in [0.29, 0.717) is 11.1 Å². The molecule has 1 saturated heterocycles. The molecule has 1 heterocycles. The molecule has 0 aromatic heterocycles. The number of hydrogen-bond acceptors (Lipinski definition) is 8. The van der Waals surface area contributed by atoms with E-state index in [1.807, 2.05) is 0 Å². The molecule has 2 aromatic carbocycles. The Bertz CT molecular complexity index is 814. The van der Waals surface area contributed by atoms with E-state index >= 15 is 0 Å². The highest BCUT2D eigenvalue weighted by Gasteiger charge is 2.46. The predicted octanol–water partition coefficient (Wildman–Crippen LogP) is 1.13. The second-order valence-electron chi connectivity index (χ2n) is 6.55. The summed E-state index contributed by atoms with van der Waals surface area (Å²) in [7, 11) is 1.38. The zero-order chi connectivity index (χ0) is 20.8. The first-order valence-corrected chi connectivity index (χ1v) is 9.11. The normalized spacial score (nSPS) is 26.5. The molecule has 0 radical (unpaired) electrons. The summed E-state index contributed by atoms with van der Waals surface area (Å²) in [4.78, 5) is 24.6. The van der Waals surface area contributed by atoms with Gasteiger partial charge in [0.1, 0.15) is 18.8 Å². The fourth-order valence-corrected chi connectivity index (χ4v) is 3.02. The Balaban J connectivity index is 1.68. The highest BCUT2D eigenvalue weighted by Crippen LogP contribution is 2.24. The summed E-state index contributed by atoms with van der Waals surface area (Å²) in [5, 5.41) is 10.7. The first-order valence-electron chi connectivity index (χ1n) is 9.11. The van der Waals surface area contributed by atoms with Crippen LogP contribution in [-0.2, 0) is 18.9 Å². The number of rotatable bonds is 6. The van der Waals surface area contributed by atoms with E-state index in [9.17, 15) is 14.7 Å². The Morgan fingerprint density at radius 3 is 2.10 bits per heavy atom. The molecule has 1 fully saturated rings. The van der Waals surface area contributed by atoms with E-state index in [2.05, 4.69) is 0 Å². The molecule has 0 saturated carbocycles. The van der Waals surface area contributed by atoms with Crippen molar-refractivity contribution >= 4 is 11.9 Å². The zero-order valence-corrected chi connectivity index (χ0v) is 15.8. The van der Waals surface area contributed by atoms with E-state index < -0.39 is 42.6 Å². The van der Waals surface area contributed by atoms with Crippen LogP contribution in [0.2, 0.25) is 0 Å². The molecule has 1 aliphatic rings. The Morgan fingerprint density at radius 1 is 1.00 bits per heavy atom. The van der Waals surface area contributed by atoms with E-state index in [-0.39, 0.29) is 6.61 Å². The van der Waals surface area contributed by atoms with Gasteiger partial charge >= 0.3 is 11.9 Å². The molecule has 3 unspecified atom stereocenters. The second-order valence-corrected chi connectivity index (χ2v) is 6.55. The van der Waals surface area contributed by atoms with Crippen molar-refractivity contribution in [1.82, 2.24) is 0 Å². The maximum absolute atomic E-state index is 12.4. The molecule has 1 aliphatic heterocycles. The lowest BCUT2D eigenvalue weighted by molar-refractivity contribution is -0.257. The summed E-state index contributed by atoms with van der Waals surface area (Å²) in [6.07, 6.45) is -4.36. The third kappa shape index (κ3) is 4.99. The number of aliphatic hydroxyl groups excluding tert-OH is 1. The summed E-state index contributed by atoms with van der Waals surface area (Å²) in [5.41, 5.74) is 6.75. The molecule has 3 rings (SSSR count). The SMILES string of the molecule is CO[C@@H]1OC(COC(=O)c2ccccc2)C(O)[C@H](OC(=O)c2ccccc2)C1N. The minimum Gasteiger partial charge on any atom is -0.459 e. The third-order valence-electron chi connectivity index (χ3n) is 4.59. The monoisotopic (exact) mass is 401 g/mol. The van der Waals surface area contributed by atoms with Crippen molar-refractivity contribution < 1.29 is 33.6 Å². The molecule has 0 aliphatic carbocycles. The lowest BCUT2D eigenvalue weighted by Crippen LogP contribution is -2.63. The van der Waals surface area contributed by atoms with Crippen LogP contribution in [0.25, 0.3) is 0 Å². The van der Waals surface area contributed by atoms with Gasteiger partial charge in [-0.2, -0.15) is 0 Å². The van der Waals surface area contributed by atoms with Gasteiger partial charge in [-0.05, 0) is 24.3 Å². The van der Waals surface area contributed by atoms with Gasteiger partial charge in [-0.25, -0.2) is 9.59 Å². The van der Waals surface area contributed by atoms with Crippen molar-refractivity contribution in [2.75, 3.05) is 13.7 Å². The number of carbonyl (C=O) groups excluding carboxylic acids is 2. The molecule has 29 heavy (non-hydrogen) atoms. The number of ether oxygens (including phenoxy) is 4. The van der Waals surface area contributed by atoms with Crippen LogP contribution in [-0.4, -0.2) is 61.4 Å². The number of esters is 2. The van der Waals surface area contributed by atoms with Gasteiger partial charge in [0.15, 0.2) is 12.4 Å². The van der Waals surface area contributed by atoms with Gasteiger partial charge < -0.3 is 29.8 Å². The number of aliphatic hydroxyl groups is 1. The molecule has 5 atom stereocenters. The third-order valence-corrected chi connectivity index (χ3v) is 4.59. The van der Waals surface area contributed by atoms with Gasteiger partial charge in [-0.15, -0.1) is 0 Å². The van der Waals surface area contributed by atoms with Crippen LogP contribution < -0.4 is 5.73 Å². The van der Waals surface area contributed by atoms with Crippen molar-refractivity contribution in [3.63, 3.8) is 0 Å². The first kappa shape index (κ1) is 20.9. The van der Waals surface area contributed by atoms with Crippen LogP contribution in [0, 0.1) is 0 Å². The molecule has 0 spiro atoms. The minimum absolute atomic E-state index is 0.263. The minimum atomic E-state index is -1.31. The van der Waals surface area contributed by atoms with Crippen LogP contribution >= 0.6 is 0 Å². The summed E-state index contributed by atoms with van der Waals surface area (Å²) in [6.45, 7) is -0.263. The number of benzene rings is 2. The first-order chi connectivity index (χ1) is 14.0. The Kier molecular flexibility index (Phi) is 6.95. The van der Waals surface area contributed by atoms with Crippen molar-refractivity contribution in [3.8, 4) is 0 Å². The van der Waals surface area contributed by atoms with Crippen LogP contribution in [0.4, 0.5) is 0 Å². The zero-order valence-electron chi connectivity index (χ0n) is 15.8. The number of hydrogen-bond donors (Lipinski definition) is 2. The summed E-state index contributed by atoms with van der Waals surface area (Å²) < 4.78 is 21.5. The molecular formula is C21H23NO7. The Labute approximate surface area is 168 Å². The smallest absolute Gasteiger partial charge is 0.338 e. The van der Waals surface area contributed by atoms with Crippen LogP contribution in [0.1, 0.15) is 20.7 Å². The summed E-state index contributed by atoms with van der Waals surface area (Å²) in [5.74, 6) is -1.20. The maximum atomic E-state index is 12.4. The summed E-state index contributed by atoms with van der Waals surface area (Å²) in [6, 6.07) is 15.8. The Morgan fingerprint density at radius 2 is 1.55 bits per heavy atom. The highest BCUT2D eigenvalue weighted by molar-refractivity contribution is 5.89. The average Bonchev–Trinajstić information content (AvgIpc) is 2.77. The molecule has 0 bridgehead atoms. The molecule has 0 amide bonds. The lowest BCUT2D eigenvalue weighted by Gasteiger charge is -2.41. The van der Waals surface area contributed by atoms with Gasteiger partial charge in [-0.3, -0.25) is 0 Å². The van der Waals surface area contributed by atoms with E-state index in [1.165, 1.54) is 7.11 Å². The number of carbonyl (C=O) groups is 2. The molecule has 3 N–H and O–H groups in total. The Hall–Kier alpha value is -2.78. The van der Waals surface area contributed by atoms with Gasteiger partial charge in [0, 0.05) is 7.11 Å². The topological polar surface area (TPSA) is 117 Å². The second kappa shape index (κ2) is 9.62. The van der Waals surface area contributed by atoms with Crippen molar-refractivity contribution in [3.05, 3.63) is 71.8 Å². The highest BCUT2D eigenvalue weighted by atomic mass is 16.7. The molecule has 8 nitrogen and oxygen atoms in total. The van der Waals surface area contributed by atoms with Gasteiger partial charge in [-0.1, -0.05) is 36.4 Å². The van der Waals surface area contributed by atoms with Crippen molar-refractivity contribution in [1.29, 1.82) is 0 Å². The maximum Gasteiger partial charge on any atom is 0.338 e. The number of nitrogens with two attached hydrogens (primary N) is 1. The van der Waals surface area contributed by atoms with Crippen LogP contribution in [0.15, 0.2) is 60.7 Å². The van der Waals surface area contributed by atoms with Gasteiger partial charge in [0.25, 0.3) is 0 Å². The van der Waals surface area contributed by atoms with Crippen molar-refractivity contribution in [2.24, 2.45) is 5.73 Å². The number of methoxy groups -OCH3 is 1. The van der Waals surface area contributed by atoms with Crippen molar-refractivity contribution in [2.45, 2.75) is 30.6 Å². The molecule has 154 valence electrons. The lowest BCUT2D eigenvalue weighted by atomic mass is 9.97. The standard InChI is InChI=1S/C21H23NO7/c1-26-21-16(22)18(29-20(25)14-10-6-3-7-11-14)17(23)15(28-21)12-27-19(24)13-8-4-2-5-9-13/h2-11,15-18,21,23H,12,22H2,1H3/t15?,16?,17?,18-,21-/m1/s1. The van der Waals surface area contributed by atoms with E-state index in [0.717, 1.165) is 0 Å². The summed E-state index contributed by atoms with van der Waals surface area (Å²) >= 11 is 0. The van der Waals surface area contributed by atoms with E-state index in [4.69, 9.17) is 24.7 Å². The van der Waals surface area contributed by atoms with Crippen LogP contribution in [0.5, 0.6) is 0 Å². The molecular weight excluding hydrogens is 378 g/mol. The fourth-order valence-electron chi connectivity index (χ4n) is 3.02. The average molecular weight is 401 g/mol. The van der Waals surface area contributed by atoms with Crippen LogP contribution in [0.3, 0.4) is 0 Å². The molecule has 2 aromatic rings. The van der Waals surface area contributed by atoms with Gasteiger partial charge in [0.05, 0.1) is 17.2 Å². The van der Waals surface area contributed by atoms with E-state index in [1.54, 1.807) is 60.7 Å². The van der Waals surface area contributed by atoms with Gasteiger partial charge in [0.2, 0.25) is 0 Å². The largest absolute Gasteiger partial charge is 0.459 e. The molecule has 8 heteroatoms. The fraction of sp³-hybridized carbons (Fsp3) is 0.333. The predicted molar refractivity (Wildman–Crippen MR) is 102 cm³/mol. The quantitative estimate of drug-likeness (QED) is 0.692.